The van der Waals surface area contributed by atoms with E-state index in [1.54, 1.807) is 24.3 Å². The van der Waals surface area contributed by atoms with Crippen LogP contribution in [0.2, 0.25) is 0 Å². The van der Waals surface area contributed by atoms with Gasteiger partial charge in [0.15, 0.2) is 0 Å². The molecule has 10 aromatic rings. The molecule has 0 bridgehead atoms. The lowest BCUT2D eigenvalue weighted by Crippen LogP contribution is -2.13. The first-order valence-corrected chi connectivity index (χ1v) is 35.9. The molecule has 494 valence electrons. The zero-order chi connectivity index (χ0) is 66.3. The lowest BCUT2D eigenvalue weighted by atomic mass is 9.77. The molecular weight excluding hydrogens is 1190 g/mol. The first-order chi connectivity index (χ1) is 47.0. The van der Waals surface area contributed by atoms with E-state index in [2.05, 4.69) is 100 Å². The Morgan fingerprint density at radius 3 is 1.05 bits per heavy atom. The van der Waals surface area contributed by atoms with E-state index in [4.69, 9.17) is 18.9 Å². The van der Waals surface area contributed by atoms with E-state index >= 15 is 8.78 Å². The van der Waals surface area contributed by atoms with Gasteiger partial charge in [-0.25, -0.2) is 18.4 Å². The highest BCUT2D eigenvalue weighted by molar-refractivity contribution is 6.12. The van der Waals surface area contributed by atoms with Crippen molar-refractivity contribution in [2.45, 2.75) is 168 Å². The van der Waals surface area contributed by atoms with Gasteiger partial charge in [-0.05, 0) is 238 Å². The van der Waals surface area contributed by atoms with Crippen molar-refractivity contribution in [1.82, 2.24) is 0 Å². The molecule has 2 fully saturated rings. The molecule has 2 aliphatic rings. The summed E-state index contributed by atoms with van der Waals surface area (Å²) < 4.78 is 58.2. The maximum absolute atomic E-state index is 16.6. The molecule has 0 heterocycles. The Morgan fingerprint density at radius 2 is 0.698 bits per heavy atom. The molecule has 0 N–H and O–H groups in total. The number of halogens is 2. The number of fused-ring (bicyclic) bond motifs is 2. The van der Waals surface area contributed by atoms with E-state index in [0.717, 1.165) is 106 Å². The van der Waals surface area contributed by atoms with E-state index in [1.165, 1.54) is 125 Å². The molecule has 0 unspecified atom stereocenters. The van der Waals surface area contributed by atoms with Crippen LogP contribution in [-0.2, 0) is 0 Å². The molecule has 0 saturated heterocycles. The predicted molar refractivity (Wildman–Crippen MR) is 390 cm³/mol. The van der Waals surface area contributed by atoms with Gasteiger partial charge in [0, 0.05) is 11.1 Å². The standard InChI is InChI=1S/C88H92F2O6/c1-5-9-11-13-53-93-75-43-33-67(34-44-75)71-39-49-79(81(89)57-71)87(91)95-83-51-41-73-55-69(65-29-25-63(26-30-65)61-21-17-59(15-7-3)18-22-61)37-47-77(73)85(83)86-78-48-38-70(66-31-27-64(28-32-66)62-23-19-60(16-8-4)20-24-62)56-74(78)42-52-84(86)96-88(92)80-50-40-72(58-82(80)90)68-35-45-76(46-36-68)94-54-14-12-10-6-2/h25-52,55-62H,5-24,53-54H2,1-4H3. The number of rotatable bonds is 27. The number of esters is 2. The first kappa shape index (κ1) is 67.1. The number of ether oxygens (including phenoxy) is 4. The second kappa shape index (κ2) is 32.2. The van der Waals surface area contributed by atoms with Crippen molar-refractivity contribution in [1.29, 1.82) is 0 Å². The molecule has 96 heavy (non-hydrogen) atoms. The molecule has 0 atom stereocenters. The van der Waals surface area contributed by atoms with Gasteiger partial charge >= 0.3 is 11.9 Å². The topological polar surface area (TPSA) is 71.1 Å². The molecule has 10 aromatic carbocycles. The van der Waals surface area contributed by atoms with Gasteiger partial charge in [0.05, 0.1) is 24.3 Å². The highest BCUT2D eigenvalue weighted by Crippen LogP contribution is 2.48. The van der Waals surface area contributed by atoms with E-state index < -0.39 is 23.6 Å². The molecule has 2 saturated carbocycles. The Hall–Kier alpha value is -8.88. The fraction of sp³-hybridized carbons (Fsp3) is 0.341. The minimum absolute atomic E-state index is 0.114. The largest absolute Gasteiger partial charge is 0.494 e. The van der Waals surface area contributed by atoms with Crippen molar-refractivity contribution in [2.75, 3.05) is 13.2 Å². The van der Waals surface area contributed by atoms with Crippen LogP contribution in [0.15, 0.2) is 194 Å². The first-order valence-electron chi connectivity index (χ1n) is 35.9. The molecule has 6 nitrogen and oxygen atoms in total. The van der Waals surface area contributed by atoms with Crippen LogP contribution in [0.25, 0.3) is 77.2 Å². The summed E-state index contributed by atoms with van der Waals surface area (Å²) in [7, 11) is 0. The normalized spacial score (nSPS) is 16.4. The maximum atomic E-state index is 16.6. The van der Waals surface area contributed by atoms with Crippen LogP contribution in [0.4, 0.5) is 8.78 Å². The summed E-state index contributed by atoms with van der Waals surface area (Å²) in [5, 5.41) is 3.01. The van der Waals surface area contributed by atoms with Gasteiger partial charge in [-0.15, -0.1) is 0 Å². The molecule has 0 aromatic heterocycles. The molecule has 0 spiro atoms. The highest BCUT2D eigenvalue weighted by Gasteiger charge is 2.28. The minimum Gasteiger partial charge on any atom is -0.494 e. The number of hydrogen-bond donors (Lipinski definition) is 0. The number of carbonyl (C=O) groups is 2. The highest BCUT2D eigenvalue weighted by atomic mass is 19.1. The molecular formula is C88H92F2O6. The average molecular weight is 1280 g/mol. The van der Waals surface area contributed by atoms with Crippen molar-refractivity contribution < 1.29 is 37.3 Å². The summed E-state index contributed by atoms with van der Waals surface area (Å²) in [6.45, 7) is 10.2. The minimum atomic E-state index is -0.910. The summed E-state index contributed by atoms with van der Waals surface area (Å²) in [5.41, 5.74) is 9.94. The zero-order valence-electron chi connectivity index (χ0n) is 56.5. The van der Waals surface area contributed by atoms with Gasteiger partial charge in [-0.2, -0.15) is 0 Å². The number of benzene rings is 10. The molecule has 0 amide bonds. The summed E-state index contributed by atoms with van der Waals surface area (Å²) >= 11 is 0. The second-order valence-electron chi connectivity index (χ2n) is 27.0. The van der Waals surface area contributed by atoms with Gasteiger partial charge < -0.3 is 18.9 Å². The SMILES string of the molecule is CCCCCCOc1ccc(-c2ccc(C(=O)Oc3ccc4cc(-c5ccc(C6CCC(CCC)CC6)cc5)ccc4c3-c3c(OC(=O)c4ccc(-c5ccc(OCCCCCC)cc5)cc4F)ccc4cc(-c5ccc(C6CCC(CCC)CC6)cc5)ccc34)c(F)c2)cc1. The van der Waals surface area contributed by atoms with Crippen LogP contribution in [0, 0.1) is 23.5 Å². The molecule has 0 aliphatic heterocycles. The van der Waals surface area contributed by atoms with Gasteiger partial charge in [-0.3, -0.25) is 0 Å². The fourth-order valence-electron chi connectivity index (χ4n) is 14.9. The van der Waals surface area contributed by atoms with Crippen LogP contribution in [0.3, 0.4) is 0 Å². The van der Waals surface area contributed by atoms with Gasteiger partial charge in [-0.1, -0.05) is 213 Å². The van der Waals surface area contributed by atoms with Gasteiger partial charge in [0.1, 0.15) is 34.6 Å². The third-order valence-corrected chi connectivity index (χ3v) is 20.4. The molecule has 8 heteroatoms. The lowest BCUT2D eigenvalue weighted by molar-refractivity contribution is 0.0718. The quantitative estimate of drug-likeness (QED) is 0.0290. The molecule has 2 aliphatic carbocycles. The van der Waals surface area contributed by atoms with Crippen LogP contribution in [0.5, 0.6) is 23.0 Å². The van der Waals surface area contributed by atoms with E-state index in [9.17, 15) is 9.59 Å². The van der Waals surface area contributed by atoms with Crippen molar-refractivity contribution in [3.05, 3.63) is 228 Å². The van der Waals surface area contributed by atoms with Crippen molar-refractivity contribution in [3.8, 4) is 78.6 Å². The smallest absolute Gasteiger partial charge is 0.346 e. The van der Waals surface area contributed by atoms with Crippen molar-refractivity contribution in [2.24, 2.45) is 11.8 Å². The maximum Gasteiger partial charge on any atom is 0.346 e. The average Bonchev–Trinajstić information content (AvgIpc) is 0.744. The molecule has 12 rings (SSSR count). The lowest BCUT2D eigenvalue weighted by Gasteiger charge is -2.28. The monoisotopic (exact) mass is 1280 g/mol. The fourth-order valence-corrected chi connectivity index (χ4v) is 14.9. The molecule has 0 radical (unpaired) electrons. The van der Waals surface area contributed by atoms with Crippen LogP contribution in [-0.4, -0.2) is 25.2 Å². The van der Waals surface area contributed by atoms with Crippen LogP contribution >= 0.6 is 0 Å². The Labute approximate surface area is 567 Å². The third-order valence-electron chi connectivity index (χ3n) is 20.4. The van der Waals surface area contributed by atoms with Crippen molar-refractivity contribution >= 4 is 33.5 Å². The second-order valence-corrected chi connectivity index (χ2v) is 27.0. The summed E-state index contributed by atoms with van der Waals surface area (Å²) in [6.07, 6.45) is 23.9. The Morgan fingerprint density at radius 1 is 0.354 bits per heavy atom. The Balaban J connectivity index is 0.916. The summed E-state index contributed by atoms with van der Waals surface area (Å²) in [6, 6.07) is 61.8. The van der Waals surface area contributed by atoms with E-state index in [0.29, 0.717) is 58.1 Å². The number of carbonyl (C=O) groups excluding carboxylic acids is 2. The predicted octanol–water partition coefficient (Wildman–Crippen LogP) is 25.1. The summed E-state index contributed by atoms with van der Waals surface area (Å²) in [4.78, 5) is 29.5. The Kier molecular flexibility index (Phi) is 22.5. The number of unbranched alkanes of at least 4 members (excludes halogenated alkanes) is 6. The van der Waals surface area contributed by atoms with Gasteiger partial charge in [0.25, 0.3) is 0 Å². The van der Waals surface area contributed by atoms with Crippen LogP contribution in [0.1, 0.15) is 200 Å². The van der Waals surface area contributed by atoms with Crippen LogP contribution < -0.4 is 18.9 Å². The summed E-state index contributed by atoms with van der Waals surface area (Å²) in [5.74, 6) is 1.15. The number of hydrogen-bond acceptors (Lipinski definition) is 6. The Bertz CT molecular complexity index is 3980. The zero-order valence-corrected chi connectivity index (χ0v) is 56.5. The van der Waals surface area contributed by atoms with E-state index in [-0.39, 0.29) is 22.6 Å². The third kappa shape index (κ3) is 16.2. The van der Waals surface area contributed by atoms with Crippen molar-refractivity contribution in [3.63, 3.8) is 0 Å². The van der Waals surface area contributed by atoms with E-state index in [1.807, 2.05) is 72.8 Å². The van der Waals surface area contributed by atoms with Gasteiger partial charge in [0.2, 0.25) is 0 Å².